The predicted molar refractivity (Wildman–Crippen MR) is 111 cm³/mol. The minimum absolute atomic E-state index is 0.890. The van der Waals surface area contributed by atoms with Crippen molar-refractivity contribution in [2.75, 3.05) is 26.7 Å². The summed E-state index contributed by atoms with van der Waals surface area (Å²) < 4.78 is 4.53. The zero-order valence-electron chi connectivity index (χ0n) is 16.2. The van der Waals surface area contributed by atoms with Crippen molar-refractivity contribution in [3.05, 3.63) is 66.6 Å². The van der Waals surface area contributed by atoms with Gasteiger partial charge in [-0.25, -0.2) is 0 Å². The van der Waals surface area contributed by atoms with Crippen LogP contribution in [0.5, 0.6) is 0 Å². The van der Waals surface area contributed by atoms with Crippen LogP contribution in [0.15, 0.2) is 55.3 Å². The number of aromatic nitrogens is 3. The third-order valence-corrected chi connectivity index (χ3v) is 5.37. The molecule has 0 aliphatic carbocycles. The summed E-state index contributed by atoms with van der Waals surface area (Å²) in [5.74, 6) is 0. The lowest BCUT2D eigenvalue weighted by Crippen LogP contribution is -2.23. The van der Waals surface area contributed by atoms with Crippen LogP contribution in [0.3, 0.4) is 0 Å². The maximum absolute atomic E-state index is 4.86. The largest absolute Gasteiger partial charge is 0.346 e. The van der Waals surface area contributed by atoms with Gasteiger partial charge in [0, 0.05) is 57.5 Å². The molecule has 0 amide bonds. The topological polar surface area (TPSA) is 29.2 Å². The summed E-state index contributed by atoms with van der Waals surface area (Å²) in [5.41, 5.74) is 3.81. The summed E-state index contributed by atoms with van der Waals surface area (Å²) in [6, 6.07) is 13.0. The van der Waals surface area contributed by atoms with E-state index in [0.717, 1.165) is 52.2 Å². The van der Waals surface area contributed by atoms with Gasteiger partial charge in [0.15, 0.2) is 0 Å². The van der Waals surface area contributed by atoms with E-state index in [-0.39, 0.29) is 0 Å². The molecular formula is C22H29N5. The lowest BCUT2D eigenvalue weighted by molar-refractivity contribution is 0.298. The summed E-state index contributed by atoms with van der Waals surface area (Å²) in [5, 5.41) is 6.16. The normalized spacial score (nSPS) is 15.2. The molecule has 0 saturated heterocycles. The van der Waals surface area contributed by atoms with Crippen molar-refractivity contribution in [3.8, 4) is 0 Å². The van der Waals surface area contributed by atoms with E-state index in [9.17, 15) is 0 Å². The second-order valence-corrected chi connectivity index (χ2v) is 7.53. The first-order chi connectivity index (χ1) is 13.2. The lowest BCUT2D eigenvalue weighted by atomic mass is 10.2. The number of nitrogens with zero attached hydrogens (tertiary/aromatic N) is 5. The number of hydrogen-bond donors (Lipinski definition) is 0. The molecule has 0 fully saturated rings. The third kappa shape index (κ3) is 4.15. The number of para-hydroxylation sites is 1. The van der Waals surface area contributed by atoms with Crippen LogP contribution in [0.1, 0.15) is 17.8 Å². The predicted octanol–water partition coefficient (Wildman–Crippen LogP) is 3.36. The van der Waals surface area contributed by atoms with Crippen LogP contribution in [0, 0.1) is 0 Å². The molecule has 3 heterocycles. The van der Waals surface area contributed by atoms with Crippen LogP contribution in [0.4, 0.5) is 0 Å². The monoisotopic (exact) mass is 363 g/mol. The van der Waals surface area contributed by atoms with E-state index >= 15 is 0 Å². The van der Waals surface area contributed by atoms with Crippen LogP contribution in [0.2, 0.25) is 0 Å². The molecule has 1 aliphatic heterocycles. The molecule has 0 spiro atoms. The fraction of sp³-hybridized carbons (Fsp3) is 0.409. The fourth-order valence-corrected chi connectivity index (χ4v) is 3.97. The van der Waals surface area contributed by atoms with Crippen molar-refractivity contribution < 1.29 is 0 Å². The van der Waals surface area contributed by atoms with E-state index in [2.05, 4.69) is 75.3 Å². The first-order valence-corrected chi connectivity index (χ1v) is 9.84. The Bertz CT molecular complexity index is 906. The van der Waals surface area contributed by atoms with E-state index in [1.54, 1.807) is 0 Å². The Hall–Kier alpha value is -2.37. The average Bonchev–Trinajstić information content (AvgIpc) is 3.19. The number of aryl methyl sites for hydroxylation is 1. The van der Waals surface area contributed by atoms with Gasteiger partial charge < -0.3 is 4.57 Å². The van der Waals surface area contributed by atoms with Gasteiger partial charge in [0.2, 0.25) is 0 Å². The molecular weight excluding hydrogens is 334 g/mol. The zero-order chi connectivity index (χ0) is 18.6. The summed E-state index contributed by atoms with van der Waals surface area (Å²) in [4.78, 5) is 4.80. The molecule has 1 aromatic carbocycles. The Labute approximate surface area is 161 Å². The molecule has 27 heavy (non-hydrogen) atoms. The first-order valence-electron chi connectivity index (χ1n) is 9.84. The van der Waals surface area contributed by atoms with Gasteiger partial charge in [0.1, 0.15) is 0 Å². The van der Waals surface area contributed by atoms with Crippen LogP contribution < -0.4 is 0 Å². The minimum Gasteiger partial charge on any atom is -0.346 e. The quantitative estimate of drug-likeness (QED) is 0.603. The first kappa shape index (κ1) is 18.0. The van der Waals surface area contributed by atoms with Crippen LogP contribution in [0.25, 0.3) is 10.9 Å². The molecule has 1 aliphatic rings. The summed E-state index contributed by atoms with van der Waals surface area (Å²) in [6.07, 6.45) is 5.33. The van der Waals surface area contributed by atoms with Crippen LogP contribution in [-0.4, -0.2) is 50.8 Å². The second kappa shape index (κ2) is 8.11. The van der Waals surface area contributed by atoms with Gasteiger partial charge in [-0.15, -0.1) is 6.58 Å². The van der Waals surface area contributed by atoms with Gasteiger partial charge in [0.05, 0.1) is 11.4 Å². The molecule has 0 atom stereocenters. The summed E-state index contributed by atoms with van der Waals surface area (Å²) in [6.45, 7) is 10.8. The molecule has 0 saturated carbocycles. The molecule has 0 radical (unpaired) electrons. The number of likely N-dealkylation sites (N-methyl/N-ethyl adjacent to an activating group) is 1. The maximum Gasteiger partial charge on any atom is 0.0768 e. The summed E-state index contributed by atoms with van der Waals surface area (Å²) >= 11 is 0. The van der Waals surface area contributed by atoms with Crippen molar-refractivity contribution in [2.24, 2.45) is 0 Å². The summed E-state index contributed by atoms with van der Waals surface area (Å²) in [7, 11) is 2.18. The van der Waals surface area contributed by atoms with Gasteiger partial charge in [0.25, 0.3) is 0 Å². The molecule has 0 N–H and O–H groups in total. The van der Waals surface area contributed by atoms with E-state index in [0.29, 0.717) is 0 Å². The highest BCUT2D eigenvalue weighted by atomic mass is 15.3. The lowest BCUT2D eigenvalue weighted by Gasteiger charge is -2.17. The van der Waals surface area contributed by atoms with Crippen molar-refractivity contribution in [1.82, 2.24) is 24.1 Å². The Morgan fingerprint density at radius 1 is 1.22 bits per heavy atom. The molecule has 2 aromatic heterocycles. The number of benzene rings is 1. The highest BCUT2D eigenvalue weighted by molar-refractivity contribution is 5.79. The standard InChI is InChI=1S/C22H29N5/c1-3-10-25-11-6-12-27-21(18-25)16-20(23-27)17-24(2)14-15-26-13-9-19-7-4-5-8-22(19)26/h3-5,7-9,13,16H,1,6,10-12,14-15,17-18H2,2H3. The van der Waals surface area contributed by atoms with Gasteiger partial charge in [-0.3, -0.25) is 14.5 Å². The van der Waals surface area contributed by atoms with E-state index in [1.807, 2.05) is 6.08 Å². The molecule has 0 bridgehead atoms. The Balaban J connectivity index is 1.36. The molecule has 0 unspecified atom stereocenters. The second-order valence-electron chi connectivity index (χ2n) is 7.53. The van der Waals surface area contributed by atoms with Gasteiger partial charge in [-0.05, 0) is 37.1 Å². The Morgan fingerprint density at radius 3 is 3.00 bits per heavy atom. The van der Waals surface area contributed by atoms with Crippen LogP contribution >= 0.6 is 0 Å². The van der Waals surface area contributed by atoms with E-state index in [1.165, 1.54) is 22.3 Å². The van der Waals surface area contributed by atoms with Gasteiger partial charge in [-0.1, -0.05) is 24.3 Å². The smallest absolute Gasteiger partial charge is 0.0768 e. The van der Waals surface area contributed by atoms with E-state index < -0.39 is 0 Å². The highest BCUT2D eigenvalue weighted by Gasteiger charge is 2.16. The molecule has 3 aromatic rings. The molecule has 4 rings (SSSR count). The minimum atomic E-state index is 0.890. The number of fused-ring (bicyclic) bond motifs is 2. The highest BCUT2D eigenvalue weighted by Crippen LogP contribution is 2.16. The van der Waals surface area contributed by atoms with E-state index in [4.69, 9.17) is 5.10 Å². The third-order valence-electron chi connectivity index (χ3n) is 5.37. The van der Waals surface area contributed by atoms with Crippen molar-refractivity contribution in [1.29, 1.82) is 0 Å². The number of hydrogen-bond acceptors (Lipinski definition) is 3. The van der Waals surface area contributed by atoms with Crippen LogP contribution in [-0.2, 0) is 26.2 Å². The fourth-order valence-electron chi connectivity index (χ4n) is 3.97. The number of rotatable bonds is 7. The molecule has 142 valence electrons. The van der Waals surface area contributed by atoms with Crippen molar-refractivity contribution in [2.45, 2.75) is 32.6 Å². The van der Waals surface area contributed by atoms with Crippen molar-refractivity contribution >= 4 is 10.9 Å². The van der Waals surface area contributed by atoms with Gasteiger partial charge in [-0.2, -0.15) is 5.10 Å². The Kier molecular flexibility index (Phi) is 5.41. The average molecular weight is 364 g/mol. The molecule has 5 heteroatoms. The maximum atomic E-state index is 4.86. The zero-order valence-corrected chi connectivity index (χ0v) is 16.2. The van der Waals surface area contributed by atoms with Crippen molar-refractivity contribution in [3.63, 3.8) is 0 Å². The Morgan fingerprint density at radius 2 is 2.11 bits per heavy atom. The van der Waals surface area contributed by atoms with Gasteiger partial charge >= 0.3 is 0 Å². The molecule has 5 nitrogen and oxygen atoms in total. The SMILES string of the molecule is C=CCN1CCCn2nc(CN(C)CCn3ccc4ccccc43)cc2C1.